The molecule has 0 aromatic carbocycles. The van der Waals surface area contributed by atoms with E-state index < -0.39 is 0 Å². The summed E-state index contributed by atoms with van der Waals surface area (Å²) in [5, 5.41) is 9.34. The van der Waals surface area contributed by atoms with Gasteiger partial charge in [-0.3, -0.25) is 0 Å². The van der Waals surface area contributed by atoms with Crippen LogP contribution in [0.5, 0.6) is 11.6 Å². The molecule has 0 atom stereocenters. The van der Waals surface area contributed by atoms with Crippen LogP contribution in [0.4, 0.5) is 0 Å². The molecule has 0 unspecified atom stereocenters. The van der Waals surface area contributed by atoms with Crippen molar-refractivity contribution >= 4 is 0 Å². The molecule has 1 heterocycles. The van der Waals surface area contributed by atoms with Crippen molar-refractivity contribution in [3.05, 3.63) is 12.0 Å². The van der Waals surface area contributed by atoms with Crippen LogP contribution in [-0.2, 0) is 6.42 Å². The zero-order valence-electron chi connectivity index (χ0n) is 6.53. The molecule has 1 N–H and O–H groups in total. The highest BCUT2D eigenvalue weighted by atomic mass is 16.5. The maximum absolute atomic E-state index is 9.34. The van der Waals surface area contributed by atoms with E-state index in [2.05, 4.69) is 9.97 Å². The summed E-state index contributed by atoms with van der Waals surface area (Å²) in [6.07, 6.45) is 2.04. The summed E-state index contributed by atoms with van der Waals surface area (Å²) in [5.74, 6) is 0.273. The molecule has 0 aliphatic carbocycles. The zero-order chi connectivity index (χ0) is 8.27. The van der Waals surface area contributed by atoms with Crippen LogP contribution in [0, 0.1) is 0 Å². The number of nitrogens with zero attached hydrogens (tertiary/aromatic N) is 2. The molecular weight excluding hydrogens is 144 g/mol. The van der Waals surface area contributed by atoms with Crippen LogP contribution in [0.15, 0.2) is 6.33 Å². The lowest BCUT2D eigenvalue weighted by atomic mass is 10.3. The predicted molar refractivity (Wildman–Crippen MR) is 39.6 cm³/mol. The van der Waals surface area contributed by atoms with Gasteiger partial charge in [-0.05, 0) is 6.42 Å². The van der Waals surface area contributed by atoms with Gasteiger partial charge in [0.2, 0.25) is 0 Å². The first-order chi connectivity index (χ1) is 5.29. The van der Waals surface area contributed by atoms with Gasteiger partial charge in [0, 0.05) is 0 Å². The molecule has 0 spiro atoms. The van der Waals surface area contributed by atoms with Crippen LogP contribution in [0.25, 0.3) is 0 Å². The van der Waals surface area contributed by atoms with Gasteiger partial charge in [-0.2, -0.15) is 4.98 Å². The van der Waals surface area contributed by atoms with Crippen molar-refractivity contribution in [2.45, 2.75) is 13.3 Å². The Morgan fingerprint density at radius 2 is 2.27 bits per heavy atom. The number of methoxy groups -OCH3 is 1. The summed E-state index contributed by atoms with van der Waals surface area (Å²) in [6, 6.07) is 0. The summed E-state index contributed by atoms with van der Waals surface area (Å²) in [4.78, 5) is 7.59. The van der Waals surface area contributed by atoms with E-state index in [9.17, 15) is 5.11 Å². The number of aryl methyl sites for hydroxylation is 1. The molecule has 0 bridgehead atoms. The number of hydrogen-bond acceptors (Lipinski definition) is 4. The van der Waals surface area contributed by atoms with Crippen molar-refractivity contribution in [1.82, 2.24) is 9.97 Å². The third-order valence-electron chi connectivity index (χ3n) is 1.39. The molecule has 0 saturated heterocycles. The summed E-state index contributed by atoms with van der Waals surface area (Å²) in [5.41, 5.74) is 0.608. The van der Waals surface area contributed by atoms with Crippen LogP contribution < -0.4 is 4.74 Å². The number of aromatic nitrogens is 2. The Bertz CT molecular complexity index is 228. The number of ether oxygens (including phenoxy) is 1. The fourth-order valence-electron chi connectivity index (χ4n) is 0.805. The second-order valence-electron chi connectivity index (χ2n) is 2.03. The summed E-state index contributed by atoms with van der Waals surface area (Å²) >= 11 is 0. The van der Waals surface area contributed by atoms with E-state index in [1.54, 1.807) is 0 Å². The van der Waals surface area contributed by atoms with Gasteiger partial charge in [-0.1, -0.05) is 6.92 Å². The monoisotopic (exact) mass is 154 g/mol. The molecule has 0 saturated carbocycles. The first kappa shape index (κ1) is 7.78. The molecule has 0 amide bonds. The fourth-order valence-corrected chi connectivity index (χ4v) is 0.805. The van der Waals surface area contributed by atoms with Crippen molar-refractivity contribution in [1.29, 1.82) is 0 Å². The Labute approximate surface area is 64.9 Å². The summed E-state index contributed by atoms with van der Waals surface area (Å²) < 4.78 is 4.79. The van der Waals surface area contributed by atoms with E-state index in [1.165, 1.54) is 13.4 Å². The van der Waals surface area contributed by atoms with Crippen molar-refractivity contribution in [2.75, 3.05) is 7.11 Å². The third-order valence-corrected chi connectivity index (χ3v) is 1.39. The van der Waals surface area contributed by atoms with E-state index in [-0.39, 0.29) is 11.6 Å². The van der Waals surface area contributed by atoms with Gasteiger partial charge in [0.1, 0.15) is 6.33 Å². The topological polar surface area (TPSA) is 55.2 Å². The molecule has 0 aliphatic rings. The minimum atomic E-state index is 0.0394. The Morgan fingerprint density at radius 1 is 1.55 bits per heavy atom. The molecule has 11 heavy (non-hydrogen) atoms. The standard InChI is InChI=1S/C7H10N2O2/c1-3-5-6(10)7(11-2)9-4-8-5/h4,10H,3H2,1-2H3. The van der Waals surface area contributed by atoms with E-state index in [4.69, 9.17) is 4.74 Å². The molecular formula is C7H10N2O2. The Morgan fingerprint density at radius 3 is 2.82 bits per heavy atom. The van der Waals surface area contributed by atoms with Crippen molar-refractivity contribution < 1.29 is 9.84 Å². The van der Waals surface area contributed by atoms with Crippen LogP contribution in [-0.4, -0.2) is 22.2 Å². The average Bonchev–Trinajstić information content (AvgIpc) is 2.05. The highest BCUT2D eigenvalue weighted by Crippen LogP contribution is 2.24. The number of hydrogen-bond donors (Lipinski definition) is 1. The lowest BCUT2D eigenvalue weighted by Crippen LogP contribution is -1.94. The lowest BCUT2D eigenvalue weighted by molar-refractivity contribution is 0.353. The normalized spacial score (nSPS) is 9.64. The van der Waals surface area contributed by atoms with Gasteiger partial charge >= 0.3 is 0 Å². The van der Waals surface area contributed by atoms with Gasteiger partial charge < -0.3 is 9.84 Å². The SMILES string of the molecule is CCc1ncnc(OC)c1O. The molecule has 1 rings (SSSR count). The van der Waals surface area contributed by atoms with E-state index in [1.807, 2.05) is 6.92 Å². The maximum atomic E-state index is 9.34. The maximum Gasteiger partial charge on any atom is 0.259 e. The van der Waals surface area contributed by atoms with Crippen molar-refractivity contribution in [3.63, 3.8) is 0 Å². The van der Waals surface area contributed by atoms with E-state index >= 15 is 0 Å². The second-order valence-corrected chi connectivity index (χ2v) is 2.03. The average molecular weight is 154 g/mol. The third kappa shape index (κ3) is 1.39. The molecule has 0 aliphatic heterocycles. The zero-order valence-corrected chi connectivity index (χ0v) is 6.53. The van der Waals surface area contributed by atoms with Crippen LogP contribution in [0.1, 0.15) is 12.6 Å². The predicted octanol–water partition coefficient (Wildman–Crippen LogP) is 0.753. The largest absolute Gasteiger partial charge is 0.502 e. The second kappa shape index (κ2) is 3.18. The van der Waals surface area contributed by atoms with Gasteiger partial charge in [0.25, 0.3) is 5.88 Å². The minimum Gasteiger partial charge on any atom is -0.502 e. The summed E-state index contributed by atoms with van der Waals surface area (Å²) in [7, 11) is 1.46. The van der Waals surface area contributed by atoms with Crippen LogP contribution in [0.2, 0.25) is 0 Å². The van der Waals surface area contributed by atoms with Crippen LogP contribution >= 0.6 is 0 Å². The van der Waals surface area contributed by atoms with Crippen LogP contribution in [0.3, 0.4) is 0 Å². The lowest BCUT2D eigenvalue weighted by Gasteiger charge is -2.03. The quantitative estimate of drug-likeness (QED) is 0.683. The Balaban J connectivity index is 3.10. The van der Waals surface area contributed by atoms with Gasteiger partial charge in [-0.25, -0.2) is 4.98 Å². The fraction of sp³-hybridized carbons (Fsp3) is 0.429. The molecule has 0 radical (unpaired) electrons. The highest BCUT2D eigenvalue weighted by molar-refractivity contribution is 5.35. The first-order valence-electron chi connectivity index (χ1n) is 3.36. The molecule has 4 heteroatoms. The van der Waals surface area contributed by atoms with E-state index in [0.717, 1.165) is 0 Å². The number of rotatable bonds is 2. The van der Waals surface area contributed by atoms with E-state index in [0.29, 0.717) is 12.1 Å². The van der Waals surface area contributed by atoms with Crippen molar-refractivity contribution in [3.8, 4) is 11.6 Å². The van der Waals surface area contributed by atoms with Crippen molar-refractivity contribution in [2.24, 2.45) is 0 Å². The molecule has 0 fully saturated rings. The first-order valence-corrected chi connectivity index (χ1v) is 3.36. The molecule has 60 valence electrons. The molecule has 1 aromatic rings. The smallest absolute Gasteiger partial charge is 0.259 e. The van der Waals surface area contributed by atoms with Gasteiger partial charge in [0.05, 0.1) is 12.8 Å². The van der Waals surface area contributed by atoms with Gasteiger partial charge in [0.15, 0.2) is 5.75 Å². The molecule has 1 aromatic heterocycles. The molecule has 4 nitrogen and oxygen atoms in total. The van der Waals surface area contributed by atoms with Gasteiger partial charge in [-0.15, -0.1) is 0 Å². The minimum absolute atomic E-state index is 0.0394. The number of aromatic hydroxyl groups is 1. The highest BCUT2D eigenvalue weighted by Gasteiger charge is 2.07. The summed E-state index contributed by atoms with van der Waals surface area (Å²) in [6.45, 7) is 1.90. The Kier molecular flexibility index (Phi) is 2.25. The Hall–Kier alpha value is -1.32.